The Balaban J connectivity index is 1.30. The molecular weight excluding hydrogens is 475 g/mol. The number of methoxy groups -OCH3 is 1. The summed E-state index contributed by atoms with van der Waals surface area (Å²) >= 11 is 0. The highest BCUT2D eigenvalue weighted by Gasteiger charge is 2.26. The third-order valence-corrected chi connectivity index (χ3v) is 6.40. The van der Waals surface area contributed by atoms with Gasteiger partial charge in [-0.1, -0.05) is 0 Å². The first kappa shape index (κ1) is 25.9. The number of hydrogen-bond acceptors (Lipinski definition) is 5. The van der Waals surface area contributed by atoms with Crippen molar-refractivity contribution in [1.29, 1.82) is 0 Å². The maximum absolute atomic E-state index is 13.7. The van der Waals surface area contributed by atoms with Gasteiger partial charge in [0, 0.05) is 34.6 Å². The number of aromatic amines is 1. The van der Waals surface area contributed by atoms with Crippen molar-refractivity contribution >= 4 is 35.0 Å². The molecule has 0 saturated carbocycles. The van der Waals surface area contributed by atoms with Crippen LogP contribution in [-0.4, -0.2) is 36.4 Å². The first-order chi connectivity index (χ1) is 17.8. The predicted molar refractivity (Wildman–Crippen MR) is 139 cm³/mol. The molecule has 4 rings (SSSR count). The van der Waals surface area contributed by atoms with Gasteiger partial charge in [0.1, 0.15) is 11.6 Å². The fourth-order valence-corrected chi connectivity index (χ4v) is 4.47. The number of unbranched alkanes of at least 4 members (excludes halogenated alkanes) is 2. The Kier molecular flexibility index (Phi) is 7.86. The molecule has 37 heavy (non-hydrogen) atoms. The number of aryl methyl sites for hydroxylation is 1. The molecule has 2 heterocycles. The molecule has 7 nitrogen and oxygen atoms in total. The van der Waals surface area contributed by atoms with Crippen LogP contribution in [0.1, 0.15) is 68.9 Å². The van der Waals surface area contributed by atoms with Crippen molar-refractivity contribution in [2.24, 2.45) is 0 Å². The fraction of sp³-hybridized carbons (Fsp3) is 0.276. The zero-order chi connectivity index (χ0) is 26.5. The van der Waals surface area contributed by atoms with E-state index in [1.807, 2.05) is 13.8 Å². The van der Waals surface area contributed by atoms with Crippen molar-refractivity contribution in [3.05, 3.63) is 81.9 Å². The molecule has 1 amide bonds. The van der Waals surface area contributed by atoms with Gasteiger partial charge in [0.05, 0.1) is 24.9 Å². The topological polar surface area (TPSA) is 97.5 Å². The van der Waals surface area contributed by atoms with Crippen LogP contribution in [0.5, 0.6) is 5.75 Å². The maximum Gasteiger partial charge on any atom is 0.337 e. The Bertz CT molecular complexity index is 1370. The molecule has 192 valence electrons. The Hall–Kier alpha value is -4.20. The van der Waals surface area contributed by atoms with Crippen molar-refractivity contribution in [3.63, 3.8) is 0 Å². The average Bonchev–Trinajstić information content (AvgIpc) is 3.35. The van der Waals surface area contributed by atoms with E-state index in [2.05, 4.69) is 15.0 Å². The quantitative estimate of drug-likeness (QED) is 0.156. The van der Waals surface area contributed by atoms with E-state index in [4.69, 9.17) is 4.74 Å². The molecule has 0 aliphatic carbocycles. The Morgan fingerprint density at radius 2 is 1.78 bits per heavy atom. The number of aromatic nitrogens is 1. The van der Waals surface area contributed by atoms with E-state index in [0.29, 0.717) is 52.4 Å². The summed E-state index contributed by atoms with van der Waals surface area (Å²) in [6, 6.07) is 10.9. The van der Waals surface area contributed by atoms with Crippen LogP contribution in [0.3, 0.4) is 0 Å². The third-order valence-electron chi connectivity index (χ3n) is 6.40. The van der Waals surface area contributed by atoms with Crippen LogP contribution < -0.4 is 10.1 Å². The lowest BCUT2D eigenvalue weighted by Gasteiger charge is -2.07. The lowest BCUT2D eigenvalue weighted by Crippen LogP contribution is -2.04. The van der Waals surface area contributed by atoms with Gasteiger partial charge in [-0.15, -0.1) is 0 Å². The summed E-state index contributed by atoms with van der Waals surface area (Å²) < 4.78 is 24.1. The maximum atomic E-state index is 13.7. The van der Waals surface area contributed by atoms with E-state index >= 15 is 0 Å². The van der Waals surface area contributed by atoms with Crippen molar-refractivity contribution in [2.75, 3.05) is 19.0 Å². The van der Waals surface area contributed by atoms with Crippen molar-refractivity contribution < 1.29 is 28.2 Å². The molecule has 1 aromatic heterocycles. The van der Waals surface area contributed by atoms with E-state index in [1.54, 1.807) is 30.3 Å². The molecule has 2 aromatic carbocycles. The SMILES string of the molecule is COC(=O)c1ccc(OCCCCCC(=O)c2c(C)[nH]c(/C=C3\C(=O)Nc4ccc(F)cc43)c2C)cc1. The third kappa shape index (κ3) is 5.80. The highest BCUT2D eigenvalue weighted by atomic mass is 19.1. The molecule has 8 heteroatoms. The van der Waals surface area contributed by atoms with Gasteiger partial charge in [-0.25, -0.2) is 9.18 Å². The number of esters is 1. The molecule has 1 aliphatic rings. The zero-order valence-electron chi connectivity index (χ0n) is 21.1. The minimum absolute atomic E-state index is 0.0394. The number of rotatable bonds is 10. The van der Waals surface area contributed by atoms with Crippen LogP contribution in [0, 0.1) is 19.7 Å². The van der Waals surface area contributed by atoms with E-state index in [1.165, 1.54) is 25.3 Å². The van der Waals surface area contributed by atoms with E-state index in [9.17, 15) is 18.8 Å². The highest BCUT2D eigenvalue weighted by molar-refractivity contribution is 6.34. The molecule has 0 radical (unpaired) electrons. The Labute approximate surface area is 214 Å². The second kappa shape index (κ2) is 11.2. The number of carbonyl (C=O) groups is 3. The smallest absolute Gasteiger partial charge is 0.337 e. The van der Waals surface area contributed by atoms with Gasteiger partial charge in [0.25, 0.3) is 5.91 Å². The number of H-pyrrole nitrogens is 1. The monoisotopic (exact) mass is 504 g/mol. The van der Waals surface area contributed by atoms with Gasteiger partial charge < -0.3 is 19.8 Å². The van der Waals surface area contributed by atoms with Crippen molar-refractivity contribution in [2.45, 2.75) is 39.5 Å². The number of hydrogen-bond donors (Lipinski definition) is 2. The molecule has 3 aromatic rings. The molecule has 0 fully saturated rings. The lowest BCUT2D eigenvalue weighted by atomic mass is 9.99. The second-order valence-electron chi connectivity index (χ2n) is 8.96. The minimum atomic E-state index is -0.418. The fourth-order valence-electron chi connectivity index (χ4n) is 4.47. The van der Waals surface area contributed by atoms with Crippen molar-refractivity contribution in [1.82, 2.24) is 4.98 Å². The minimum Gasteiger partial charge on any atom is -0.494 e. The largest absolute Gasteiger partial charge is 0.494 e. The summed E-state index contributed by atoms with van der Waals surface area (Å²) in [5.74, 6) is -0.402. The summed E-state index contributed by atoms with van der Waals surface area (Å²) in [4.78, 5) is 40.1. The van der Waals surface area contributed by atoms with Gasteiger partial charge in [0.2, 0.25) is 0 Å². The van der Waals surface area contributed by atoms with Crippen LogP contribution in [0.15, 0.2) is 42.5 Å². The summed E-state index contributed by atoms with van der Waals surface area (Å²) in [5.41, 5.74) is 4.70. The summed E-state index contributed by atoms with van der Waals surface area (Å²) in [7, 11) is 1.34. The van der Waals surface area contributed by atoms with Crippen LogP contribution >= 0.6 is 0 Å². The number of Topliss-reactive ketones (excluding diaryl/α,β-unsaturated/α-hetero) is 1. The molecule has 0 atom stereocenters. The van der Waals surface area contributed by atoms with E-state index in [0.717, 1.165) is 30.5 Å². The first-order valence-corrected chi connectivity index (χ1v) is 12.1. The van der Waals surface area contributed by atoms with Gasteiger partial charge in [0.15, 0.2) is 5.78 Å². The molecule has 0 spiro atoms. The molecule has 0 bridgehead atoms. The zero-order valence-corrected chi connectivity index (χ0v) is 21.1. The summed E-state index contributed by atoms with van der Waals surface area (Å²) in [6.45, 7) is 4.20. The second-order valence-corrected chi connectivity index (χ2v) is 8.96. The van der Waals surface area contributed by atoms with E-state index in [-0.39, 0.29) is 11.7 Å². The number of fused-ring (bicyclic) bond motifs is 1. The number of anilines is 1. The highest BCUT2D eigenvalue weighted by Crippen LogP contribution is 2.34. The number of ether oxygens (including phenoxy) is 2. The summed E-state index contributed by atoms with van der Waals surface area (Å²) in [5, 5.41) is 2.74. The Morgan fingerprint density at radius 3 is 2.51 bits per heavy atom. The van der Waals surface area contributed by atoms with Crippen LogP contribution in [0.25, 0.3) is 11.6 Å². The van der Waals surface area contributed by atoms with Crippen LogP contribution in [0.4, 0.5) is 10.1 Å². The first-order valence-electron chi connectivity index (χ1n) is 12.1. The lowest BCUT2D eigenvalue weighted by molar-refractivity contribution is -0.110. The van der Waals surface area contributed by atoms with Gasteiger partial charge in [-0.3, -0.25) is 9.59 Å². The average molecular weight is 505 g/mol. The number of nitrogens with one attached hydrogen (secondary N) is 2. The summed E-state index contributed by atoms with van der Waals surface area (Å²) in [6.07, 6.45) is 4.42. The van der Waals surface area contributed by atoms with Gasteiger partial charge >= 0.3 is 5.97 Å². The molecule has 2 N–H and O–H groups in total. The number of ketones is 1. The standard InChI is InChI=1S/C29H29FN2O5/c1-17-25(16-23-22-15-20(30)10-13-24(22)32-28(23)34)31-18(2)27(17)26(33)7-5-4-6-14-37-21-11-8-19(9-12-21)29(35)36-3/h8-13,15-16,31H,4-7,14H2,1-3H3,(H,32,34)/b23-16-. The number of halogens is 1. The predicted octanol–water partition coefficient (Wildman–Crippen LogP) is 5.87. The molecular formula is C29H29FN2O5. The molecule has 0 saturated heterocycles. The number of amides is 1. The van der Waals surface area contributed by atoms with Gasteiger partial charge in [-0.05, 0) is 87.2 Å². The van der Waals surface area contributed by atoms with Gasteiger partial charge in [-0.2, -0.15) is 0 Å². The van der Waals surface area contributed by atoms with Crippen LogP contribution in [-0.2, 0) is 9.53 Å². The number of benzene rings is 2. The van der Waals surface area contributed by atoms with Crippen molar-refractivity contribution in [3.8, 4) is 5.75 Å². The molecule has 0 unspecified atom stereocenters. The van der Waals surface area contributed by atoms with Crippen LogP contribution in [0.2, 0.25) is 0 Å². The Morgan fingerprint density at radius 1 is 1.03 bits per heavy atom. The van der Waals surface area contributed by atoms with E-state index < -0.39 is 11.8 Å². The normalized spacial score (nSPS) is 13.4. The molecule has 1 aliphatic heterocycles. The number of carbonyl (C=O) groups excluding carboxylic acids is 3.